The van der Waals surface area contributed by atoms with E-state index in [1.54, 1.807) is 22.8 Å². The number of hydrogen-bond donors (Lipinski definition) is 1. The molecule has 0 unspecified atom stereocenters. The van der Waals surface area contributed by atoms with Crippen molar-refractivity contribution >= 4 is 22.8 Å². The molecular weight excluding hydrogens is 314 g/mol. The standard InChI is InChI=1S/C20H15N3O2/c24-19(21-15-9-3-1-4-10-15)23-18-14-8-7-13-17(18)22(20(23)25)16-11-5-2-6-12-16/h1-14H,(H,21,24). The Balaban J connectivity index is 1.89. The van der Waals surface area contributed by atoms with E-state index in [1.807, 2.05) is 66.7 Å². The van der Waals surface area contributed by atoms with Crippen LogP contribution in [0.5, 0.6) is 0 Å². The van der Waals surface area contributed by atoms with Gasteiger partial charge < -0.3 is 5.32 Å². The Morgan fingerprint density at radius 1 is 0.720 bits per heavy atom. The smallest absolute Gasteiger partial charge is 0.307 e. The quantitative estimate of drug-likeness (QED) is 0.607. The van der Waals surface area contributed by atoms with Crippen LogP contribution in [0.3, 0.4) is 0 Å². The summed E-state index contributed by atoms with van der Waals surface area (Å²) in [7, 11) is 0. The third-order valence-corrected chi connectivity index (χ3v) is 3.99. The van der Waals surface area contributed by atoms with Crippen LogP contribution in [0.4, 0.5) is 10.5 Å². The molecule has 0 bridgehead atoms. The van der Waals surface area contributed by atoms with E-state index in [0.29, 0.717) is 16.7 Å². The highest BCUT2D eigenvalue weighted by atomic mass is 16.2. The molecule has 0 saturated heterocycles. The summed E-state index contributed by atoms with van der Waals surface area (Å²) in [5.74, 6) is 0. The first-order chi connectivity index (χ1) is 12.3. The highest BCUT2D eigenvalue weighted by Gasteiger charge is 2.19. The Bertz CT molecular complexity index is 1100. The summed E-state index contributed by atoms with van der Waals surface area (Å²) in [6.45, 7) is 0. The van der Waals surface area contributed by atoms with Crippen molar-refractivity contribution in [3.63, 3.8) is 0 Å². The van der Waals surface area contributed by atoms with Gasteiger partial charge in [-0.25, -0.2) is 14.2 Å². The number of hydrogen-bond acceptors (Lipinski definition) is 2. The molecule has 5 nitrogen and oxygen atoms in total. The lowest BCUT2D eigenvalue weighted by Gasteiger charge is -2.05. The molecule has 3 aromatic carbocycles. The van der Waals surface area contributed by atoms with Gasteiger partial charge in [0.25, 0.3) is 0 Å². The van der Waals surface area contributed by atoms with Crippen LogP contribution in [-0.2, 0) is 0 Å². The minimum Gasteiger partial charge on any atom is -0.307 e. The van der Waals surface area contributed by atoms with E-state index in [1.165, 1.54) is 0 Å². The van der Waals surface area contributed by atoms with Gasteiger partial charge in [0.05, 0.1) is 16.7 Å². The first-order valence-corrected chi connectivity index (χ1v) is 7.90. The molecule has 0 saturated carbocycles. The van der Waals surface area contributed by atoms with E-state index in [4.69, 9.17) is 0 Å². The molecule has 0 radical (unpaired) electrons. The molecular formula is C20H15N3O2. The lowest BCUT2D eigenvalue weighted by atomic mass is 10.3. The molecule has 1 heterocycles. The van der Waals surface area contributed by atoms with E-state index in [0.717, 1.165) is 10.3 Å². The van der Waals surface area contributed by atoms with E-state index in [-0.39, 0.29) is 0 Å². The molecule has 1 N–H and O–H groups in total. The van der Waals surface area contributed by atoms with Gasteiger partial charge in [-0.2, -0.15) is 0 Å². The summed E-state index contributed by atoms with van der Waals surface area (Å²) < 4.78 is 2.70. The van der Waals surface area contributed by atoms with Gasteiger partial charge in [-0.3, -0.25) is 4.57 Å². The van der Waals surface area contributed by atoms with Crippen LogP contribution in [0.2, 0.25) is 0 Å². The summed E-state index contributed by atoms with van der Waals surface area (Å²) >= 11 is 0. The highest BCUT2D eigenvalue weighted by Crippen LogP contribution is 2.18. The monoisotopic (exact) mass is 329 g/mol. The molecule has 1 amide bonds. The summed E-state index contributed by atoms with van der Waals surface area (Å²) in [5, 5.41) is 2.77. The Morgan fingerprint density at radius 3 is 1.96 bits per heavy atom. The predicted octanol–water partition coefficient (Wildman–Crippen LogP) is 3.87. The number of benzene rings is 3. The second-order valence-electron chi connectivity index (χ2n) is 5.57. The lowest BCUT2D eigenvalue weighted by Crippen LogP contribution is -2.31. The predicted molar refractivity (Wildman–Crippen MR) is 98.4 cm³/mol. The maximum Gasteiger partial charge on any atom is 0.342 e. The average Bonchev–Trinajstić information content (AvgIpc) is 2.95. The van der Waals surface area contributed by atoms with Gasteiger partial charge in [-0.05, 0) is 36.4 Å². The minimum atomic E-state index is -0.484. The van der Waals surface area contributed by atoms with E-state index in [9.17, 15) is 9.59 Å². The lowest BCUT2D eigenvalue weighted by molar-refractivity contribution is 0.253. The van der Waals surface area contributed by atoms with Crippen molar-refractivity contribution in [1.82, 2.24) is 9.13 Å². The van der Waals surface area contributed by atoms with Crippen LogP contribution in [0, 0.1) is 0 Å². The van der Waals surface area contributed by atoms with Crippen molar-refractivity contribution in [2.75, 3.05) is 5.32 Å². The SMILES string of the molecule is O=C(Nc1ccccc1)n1c(=O)n(-c2ccccc2)c2ccccc21. The van der Waals surface area contributed by atoms with E-state index >= 15 is 0 Å². The van der Waals surface area contributed by atoms with Crippen molar-refractivity contribution in [3.05, 3.63) is 95.4 Å². The summed E-state index contributed by atoms with van der Waals surface area (Å²) in [6.07, 6.45) is 0. The number of imidazole rings is 1. The van der Waals surface area contributed by atoms with Gasteiger partial charge in [-0.15, -0.1) is 0 Å². The van der Waals surface area contributed by atoms with Crippen molar-refractivity contribution in [3.8, 4) is 5.69 Å². The van der Waals surface area contributed by atoms with Crippen LogP contribution in [0.25, 0.3) is 16.7 Å². The fourth-order valence-electron chi connectivity index (χ4n) is 2.87. The Morgan fingerprint density at radius 2 is 1.28 bits per heavy atom. The molecule has 0 aliphatic carbocycles. The number of carbonyl (C=O) groups excluding carboxylic acids is 1. The normalized spacial score (nSPS) is 10.7. The number of rotatable bonds is 2. The average molecular weight is 329 g/mol. The molecule has 4 rings (SSSR count). The molecule has 5 heteroatoms. The summed E-state index contributed by atoms with van der Waals surface area (Å²) in [6, 6.07) is 25.1. The van der Waals surface area contributed by atoms with Crippen molar-refractivity contribution in [2.24, 2.45) is 0 Å². The molecule has 1 aromatic heterocycles. The zero-order valence-electron chi connectivity index (χ0n) is 13.3. The van der Waals surface area contributed by atoms with Crippen LogP contribution < -0.4 is 11.0 Å². The fraction of sp³-hybridized carbons (Fsp3) is 0. The zero-order chi connectivity index (χ0) is 17.2. The number of nitrogens with zero attached hydrogens (tertiary/aromatic N) is 2. The summed E-state index contributed by atoms with van der Waals surface area (Å²) in [4.78, 5) is 25.7. The largest absolute Gasteiger partial charge is 0.342 e. The van der Waals surface area contributed by atoms with Crippen molar-refractivity contribution in [2.45, 2.75) is 0 Å². The first-order valence-electron chi connectivity index (χ1n) is 7.90. The van der Waals surface area contributed by atoms with Gasteiger partial charge in [0, 0.05) is 5.69 Å². The van der Waals surface area contributed by atoms with Crippen LogP contribution >= 0.6 is 0 Å². The highest BCUT2D eigenvalue weighted by molar-refractivity contribution is 5.97. The summed E-state index contributed by atoms with van der Waals surface area (Å²) in [5.41, 5.74) is 2.19. The topological polar surface area (TPSA) is 56.0 Å². The molecule has 0 aliphatic rings. The second kappa shape index (κ2) is 6.13. The first kappa shape index (κ1) is 15.0. The molecule has 0 atom stereocenters. The number of anilines is 1. The molecule has 25 heavy (non-hydrogen) atoms. The Hall–Kier alpha value is -3.60. The molecule has 122 valence electrons. The molecule has 0 fully saturated rings. The molecule has 0 spiro atoms. The molecule has 0 aliphatic heterocycles. The van der Waals surface area contributed by atoms with Gasteiger partial charge >= 0.3 is 11.7 Å². The Labute approximate surface area is 143 Å². The third-order valence-electron chi connectivity index (χ3n) is 3.99. The van der Waals surface area contributed by atoms with Gasteiger partial charge in [0.2, 0.25) is 0 Å². The number of fused-ring (bicyclic) bond motifs is 1. The number of carbonyl (C=O) groups is 1. The Kier molecular flexibility index (Phi) is 3.67. The van der Waals surface area contributed by atoms with E-state index in [2.05, 4.69) is 5.32 Å². The van der Waals surface area contributed by atoms with Crippen molar-refractivity contribution < 1.29 is 4.79 Å². The fourth-order valence-corrected chi connectivity index (χ4v) is 2.87. The van der Waals surface area contributed by atoms with Gasteiger partial charge in [-0.1, -0.05) is 48.5 Å². The van der Waals surface area contributed by atoms with E-state index < -0.39 is 11.7 Å². The van der Waals surface area contributed by atoms with Gasteiger partial charge in [0.1, 0.15) is 0 Å². The second-order valence-corrected chi connectivity index (χ2v) is 5.57. The van der Waals surface area contributed by atoms with Crippen molar-refractivity contribution in [1.29, 1.82) is 0 Å². The maximum absolute atomic E-state index is 13.0. The van der Waals surface area contributed by atoms with Crippen LogP contribution in [0.1, 0.15) is 0 Å². The number of amides is 1. The number of para-hydroxylation sites is 4. The molecule has 4 aromatic rings. The van der Waals surface area contributed by atoms with Crippen LogP contribution in [0.15, 0.2) is 89.7 Å². The van der Waals surface area contributed by atoms with Gasteiger partial charge in [0.15, 0.2) is 0 Å². The third kappa shape index (κ3) is 2.61. The zero-order valence-corrected chi connectivity index (χ0v) is 13.3. The maximum atomic E-state index is 13.0. The van der Waals surface area contributed by atoms with Crippen LogP contribution in [-0.4, -0.2) is 15.2 Å². The number of aromatic nitrogens is 2. The number of nitrogens with one attached hydrogen (secondary N) is 1. The minimum absolute atomic E-state index is 0.402.